The van der Waals surface area contributed by atoms with E-state index < -0.39 is 12.1 Å². The van der Waals surface area contributed by atoms with Crippen LogP contribution in [0.4, 0.5) is 10.6 Å². The summed E-state index contributed by atoms with van der Waals surface area (Å²) in [6.07, 6.45) is 0.728. The fourth-order valence-corrected chi connectivity index (χ4v) is 3.89. The summed E-state index contributed by atoms with van der Waals surface area (Å²) in [5.74, 6) is -0.740. The SMILES string of the molecule is CC(C)N(C(=O)OCC1c2ccccc2-c2ccccc21)c1ccc(C(=O)O)cn1. The molecule has 0 saturated heterocycles. The number of hydrogen-bond donors (Lipinski definition) is 1. The lowest BCUT2D eigenvalue weighted by Gasteiger charge is -2.26. The first-order chi connectivity index (χ1) is 14.5. The fourth-order valence-electron chi connectivity index (χ4n) is 3.89. The summed E-state index contributed by atoms with van der Waals surface area (Å²) in [7, 11) is 0. The molecule has 0 radical (unpaired) electrons. The Morgan fingerprint density at radius 3 is 2.10 bits per heavy atom. The molecule has 3 aromatic rings. The summed E-state index contributed by atoms with van der Waals surface area (Å²) >= 11 is 0. The Morgan fingerprint density at radius 1 is 1.00 bits per heavy atom. The van der Waals surface area contributed by atoms with Gasteiger partial charge in [0.1, 0.15) is 12.4 Å². The molecule has 1 amide bonds. The van der Waals surface area contributed by atoms with Gasteiger partial charge in [0.2, 0.25) is 0 Å². The van der Waals surface area contributed by atoms with E-state index in [0.29, 0.717) is 5.82 Å². The Hall–Kier alpha value is -3.67. The van der Waals surface area contributed by atoms with Gasteiger partial charge in [-0.1, -0.05) is 48.5 Å². The minimum absolute atomic E-state index is 0.0299. The molecule has 0 atom stereocenters. The second-order valence-corrected chi connectivity index (χ2v) is 7.48. The van der Waals surface area contributed by atoms with Gasteiger partial charge < -0.3 is 9.84 Å². The van der Waals surface area contributed by atoms with Crippen molar-refractivity contribution in [2.45, 2.75) is 25.8 Å². The highest BCUT2D eigenvalue weighted by molar-refractivity contribution is 5.90. The molecule has 0 aliphatic heterocycles. The van der Waals surface area contributed by atoms with Crippen LogP contribution in [0.1, 0.15) is 41.3 Å². The molecule has 6 heteroatoms. The topological polar surface area (TPSA) is 79.7 Å². The van der Waals surface area contributed by atoms with E-state index in [4.69, 9.17) is 9.84 Å². The maximum atomic E-state index is 12.9. The van der Waals surface area contributed by atoms with Crippen LogP contribution in [0.3, 0.4) is 0 Å². The monoisotopic (exact) mass is 402 g/mol. The molecule has 0 spiro atoms. The second-order valence-electron chi connectivity index (χ2n) is 7.48. The molecule has 1 heterocycles. The van der Waals surface area contributed by atoms with Crippen molar-refractivity contribution in [1.82, 2.24) is 4.98 Å². The van der Waals surface area contributed by atoms with Gasteiger partial charge in [0, 0.05) is 18.2 Å². The molecule has 6 nitrogen and oxygen atoms in total. The highest BCUT2D eigenvalue weighted by Gasteiger charge is 2.30. The van der Waals surface area contributed by atoms with Crippen LogP contribution in [0.5, 0.6) is 0 Å². The van der Waals surface area contributed by atoms with Gasteiger partial charge in [-0.05, 0) is 48.2 Å². The molecular formula is C24H22N2O4. The summed E-state index contributed by atoms with van der Waals surface area (Å²) in [6.45, 7) is 3.92. The molecule has 0 unspecified atom stereocenters. The highest BCUT2D eigenvalue weighted by Crippen LogP contribution is 2.44. The van der Waals surface area contributed by atoms with E-state index in [1.807, 2.05) is 38.1 Å². The van der Waals surface area contributed by atoms with Gasteiger partial charge in [-0.2, -0.15) is 0 Å². The van der Waals surface area contributed by atoms with E-state index in [0.717, 1.165) is 11.1 Å². The Labute approximate surface area is 174 Å². The molecule has 2 aromatic carbocycles. The molecular weight excluding hydrogens is 380 g/mol. The maximum absolute atomic E-state index is 12.9. The molecule has 0 fully saturated rings. The summed E-state index contributed by atoms with van der Waals surface area (Å²) in [6, 6.07) is 19.1. The van der Waals surface area contributed by atoms with Gasteiger partial charge >= 0.3 is 12.1 Å². The zero-order valence-corrected chi connectivity index (χ0v) is 16.8. The van der Waals surface area contributed by atoms with E-state index in [-0.39, 0.29) is 24.1 Å². The average molecular weight is 402 g/mol. The van der Waals surface area contributed by atoms with Crippen LogP contribution in [0.25, 0.3) is 11.1 Å². The third kappa shape index (κ3) is 3.52. The first-order valence-electron chi connectivity index (χ1n) is 9.81. The summed E-state index contributed by atoms with van der Waals surface area (Å²) in [4.78, 5) is 29.6. The molecule has 0 bridgehead atoms. The van der Waals surface area contributed by atoms with Crippen LogP contribution < -0.4 is 4.90 Å². The third-order valence-corrected chi connectivity index (χ3v) is 5.29. The van der Waals surface area contributed by atoms with Crippen molar-refractivity contribution < 1.29 is 19.4 Å². The first kappa shape index (κ1) is 19.6. The number of benzene rings is 2. The number of aromatic carboxylic acids is 1. The molecule has 1 N–H and O–H groups in total. The van der Waals surface area contributed by atoms with Crippen molar-refractivity contribution >= 4 is 17.9 Å². The van der Waals surface area contributed by atoms with Gasteiger partial charge in [-0.25, -0.2) is 14.6 Å². The number of hydrogen-bond acceptors (Lipinski definition) is 4. The number of rotatable bonds is 5. The highest BCUT2D eigenvalue weighted by atomic mass is 16.6. The molecule has 1 aromatic heterocycles. The first-order valence-corrected chi connectivity index (χ1v) is 9.81. The number of aromatic nitrogens is 1. The fraction of sp³-hybridized carbons (Fsp3) is 0.208. The van der Waals surface area contributed by atoms with Crippen LogP contribution in [0.15, 0.2) is 66.9 Å². The van der Waals surface area contributed by atoms with E-state index in [9.17, 15) is 9.59 Å². The van der Waals surface area contributed by atoms with Crippen LogP contribution in [-0.2, 0) is 4.74 Å². The number of carboxylic acid groups (broad SMARTS) is 1. The second kappa shape index (κ2) is 7.99. The largest absolute Gasteiger partial charge is 0.478 e. The minimum atomic E-state index is -1.06. The molecule has 0 saturated carbocycles. The lowest BCUT2D eigenvalue weighted by Crippen LogP contribution is -2.38. The van der Waals surface area contributed by atoms with Gasteiger partial charge in [0.25, 0.3) is 0 Å². The van der Waals surface area contributed by atoms with Crippen LogP contribution >= 0.6 is 0 Å². The number of carbonyl (C=O) groups excluding carboxylic acids is 1. The van der Waals surface area contributed by atoms with Gasteiger partial charge in [0.15, 0.2) is 0 Å². The van der Waals surface area contributed by atoms with Gasteiger partial charge in [0.05, 0.1) is 5.56 Å². The smallest absolute Gasteiger partial charge is 0.415 e. The zero-order chi connectivity index (χ0) is 21.3. The summed E-state index contributed by atoms with van der Waals surface area (Å²) in [5, 5.41) is 9.05. The minimum Gasteiger partial charge on any atom is -0.478 e. The van der Waals surface area contributed by atoms with Crippen molar-refractivity contribution in [2.75, 3.05) is 11.5 Å². The van der Waals surface area contributed by atoms with Crippen molar-refractivity contribution in [3.05, 3.63) is 83.6 Å². The molecule has 30 heavy (non-hydrogen) atoms. The van der Waals surface area contributed by atoms with Crippen molar-refractivity contribution in [3.8, 4) is 11.1 Å². The Bertz CT molecular complexity index is 1050. The normalized spacial score (nSPS) is 12.4. The summed E-state index contributed by atoms with van der Waals surface area (Å²) in [5.41, 5.74) is 4.69. The molecule has 1 aliphatic carbocycles. The van der Waals surface area contributed by atoms with Crippen LogP contribution in [0.2, 0.25) is 0 Å². The molecule has 152 valence electrons. The van der Waals surface area contributed by atoms with Crippen molar-refractivity contribution in [1.29, 1.82) is 0 Å². The predicted octanol–water partition coefficient (Wildman–Crippen LogP) is 4.94. The quantitative estimate of drug-likeness (QED) is 0.654. The number of carboxylic acids is 1. The van der Waals surface area contributed by atoms with Gasteiger partial charge in [-0.3, -0.25) is 4.90 Å². The standard InChI is InChI=1S/C24H22N2O4/c1-15(2)26(22-12-11-16(13-25-22)23(27)28)24(29)30-14-21-19-9-5-3-7-17(19)18-8-4-6-10-20(18)21/h3-13,15,21H,14H2,1-2H3,(H,27,28). The number of carbonyl (C=O) groups is 2. The Morgan fingerprint density at radius 2 is 1.60 bits per heavy atom. The number of amides is 1. The van der Waals surface area contributed by atoms with Gasteiger partial charge in [-0.15, -0.1) is 0 Å². The maximum Gasteiger partial charge on any atom is 0.415 e. The number of ether oxygens (including phenoxy) is 1. The average Bonchev–Trinajstić information content (AvgIpc) is 3.06. The van der Waals surface area contributed by atoms with Crippen molar-refractivity contribution in [3.63, 3.8) is 0 Å². The van der Waals surface area contributed by atoms with Crippen LogP contribution in [0, 0.1) is 0 Å². The number of fused-ring (bicyclic) bond motifs is 3. The Kier molecular flexibility index (Phi) is 5.23. The lowest BCUT2D eigenvalue weighted by atomic mass is 9.98. The third-order valence-electron chi connectivity index (χ3n) is 5.29. The lowest BCUT2D eigenvalue weighted by molar-refractivity contribution is 0.0696. The van der Waals surface area contributed by atoms with Crippen LogP contribution in [-0.4, -0.2) is 34.8 Å². The zero-order valence-electron chi connectivity index (χ0n) is 16.8. The van der Waals surface area contributed by atoms with E-state index >= 15 is 0 Å². The summed E-state index contributed by atoms with van der Waals surface area (Å²) < 4.78 is 5.73. The number of pyridine rings is 1. The van der Waals surface area contributed by atoms with E-state index in [1.54, 1.807) is 0 Å². The number of anilines is 1. The van der Waals surface area contributed by atoms with E-state index in [1.165, 1.54) is 34.4 Å². The van der Waals surface area contributed by atoms with Crippen molar-refractivity contribution in [2.24, 2.45) is 0 Å². The van der Waals surface area contributed by atoms with E-state index in [2.05, 4.69) is 29.2 Å². The number of nitrogens with zero attached hydrogens (tertiary/aromatic N) is 2. The molecule has 4 rings (SSSR count). The predicted molar refractivity (Wildman–Crippen MR) is 114 cm³/mol. The molecule has 1 aliphatic rings. The Balaban J connectivity index is 1.55.